The van der Waals surface area contributed by atoms with Crippen LogP contribution in [0.25, 0.3) is 11.0 Å². The summed E-state index contributed by atoms with van der Waals surface area (Å²) in [5.41, 5.74) is 2.17. The normalized spacial score (nSPS) is 20.7. The Kier molecular flexibility index (Phi) is 4.76. The number of halogens is 1. The van der Waals surface area contributed by atoms with Gasteiger partial charge in [0, 0.05) is 38.1 Å². The lowest BCUT2D eigenvalue weighted by Crippen LogP contribution is -2.54. The van der Waals surface area contributed by atoms with Crippen LogP contribution in [0.15, 0.2) is 53.7 Å². The Hall–Kier alpha value is -2.09. The van der Waals surface area contributed by atoms with E-state index in [1.807, 2.05) is 0 Å². The quantitative estimate of drug-likeness (QED) is 0.635. The molecule has 4 heterocycles. The van der Waals surface area contributed by atoms with Crippen molar-refractivity contribution >= 4 is 38.3 Å². The number of anilines is 1. The molecular formula is C21H23ClN4O2S. The summed E-state index contributed by atoms with van der Waals surface area (Å²) in [6.07, 6.45) is 7.16. The van der Waals surface area contributed by atoms with Gasteiger partial charge in [0.1, 0.15) is 10.4 Å². The van der Waals surface area contributed by atoms with Crippen molar-refractivity contribution in [2.45, 2.75) is 30.2 Å². The van der Waals surface area contributed by atoms with Gasteiger partial charge >= 0.3 is 0 Å². The summed E-state index contributed by atoms with van der Waals surface area (Å²) in [6, 6.07) is 10.7. The molecular weight excluding hydrogens is 408 g/mol. The Balaban J connectivity index is 1.60. The third-order valence-electron chi connectivity index (χ3n) is 6.06. The van der Waals surface area contributed by atoms with E-state index in [0.29, 0.717) is 17.1 Å². The molecule has 0 N–H and O–H groups in total. The SMILES string of the molecule is O=S(=O)(c1ccccc1Cl)n1cc(N2CCN3CCCCC3C2)c2ncccc21. The van der Waals surface area contributed by atoms with Gasteiger partial charge in [-0.15, -0.1) is 0 Å². The standard InChI is InChI=1S/C21H23ClN4O2S/c22-17-7-1-2-9-20(17)29(27,28)26-15-19(21-18(26)8-5-10-23-21)25-13-12-24-11-4-3-6-16(24)14-25/h1-2,5,7-10,15-16H,3-4,6,11-14H2. The van der Waals surface area contributed by atoms with Crippen molar-refractivity contribution in [2.24, 2.45) is 0 Å². The number of pyridine rings is 1. The summed E-state index contributed by atoms with van der Waals surface area (Å²) in [7, 11) is -3.83. The number of benzene rings is 1. The number of aromatic nitrogens is 2. The predicted molar refractivity (Wildman–Crippen MR) is 115 cm³/mol. The Labute approximate surface area is 175 Å². The zero-order valence-electron chi connectivity index (χ0n) is 16.0. The van der Waals surface area contributed by atoms with E-state index < -0.39 is 10.0 Å². The van der Waals surface area contributed by atoms with E-state index in [0.717, 1.165) is 25.3 Å². The van der Waals surface area contributed by atoms with Crippen molar-refractivity contribution in [3.05, 3.63) is 53.8 Å². The molecule has 8 heteroatoms. The highest BCUT2D eigenvalue weighted by atomic mass is 35.5. The average Bonchev–Trinajstić information content (AvgIpc) is 3.14. The molecule has 5 rings (SSSR count). The number of piperazine rings is 1. The molecule has 2 aliphatic rings. The second-order valence-corrected chi connectivity index (χ2v) is 9.94. The summed E-state index contributed by atoms with van der Waals surface area (Å²) >= 11 is 6.22. The lowest BCUT2D eigenvalue weighted by atomic mass is 9.99. The van der Waals surface area contributed by atoms with Crippen LogP contribution in [0.5, 0.6) is 0 Å². The summed E-state index contributed by atoms with van der Waals surface area (Å²) < 4.78 is 28.2. The van der Waals surface area contributed by atoms with Gasteiger partial charge in [0.05, 0.1) is 16.2 Å². The van der Waals surface area contributed by atoms with Crippen molar-refractivity contribution in [1.82, 2.24) is 13.9 Å². The molecule has 1 unspecified atom stereocenters. The molecule has 2 saturated heterocycles. The number of piperidine rings is 1. The van der Waals surface area contributed by atoms with Crippen molar-refractivity contribution in [2.75, 3.05) is 31.1 Å². The van der Waals surface area contributed by atoms with Crippen LogP contribution in [-0.4, -0.2) is 54.5 Å². The lowest BCUT2D eigenvalue weighted by molar-refractivity contribution is 0.133. The lowest BCUT2D eigenvalue weighted by Gasteiger charge is -2.44. The molecule has 29 heavy (non-hydrogen) atoms. The first-order chi connectivity index (χ1) is 14.1. The van der Waals surface area contributed by atoms with E-state index in [2.05, 4.69) is 14.8 Å². The summed E-state index contributed by atoms with van der Waals surface area (Å²) in [4.78, 5) is 9.49. The van der Waals surface area contributed by atoms with E-state index in [9.17, 15) is 8.42 Å². The Morgan fingerprint density at radius 3 is 2.76 bits per heavy atom. The van der Waals surface area contributed by atoms with E-state index in [1.165, 1.54) is 29.8 Å². The zero-order chi connectivity index (χ0) is 20.0. The van der Waals surface area contributed by atoms with Gasteiger partial charge in [-0.1, -0.05) is 30.2 Å². The second-order valence-electron chi connectivity index (χ2n) is 7.75. The van der Waals surface area contributed by atoms with Gasteiger partial charge < -0.3 is 4.90 Å². The Morgan fingerprint density at radius 1 is 1.03 bits per heavy atom. The summed E-state index contributed by atoms with van der Waals surface area (Å²) in [6.45, 7) is 3.95. The highest BCUT2D eigenvalue weighted by Crippen LogP contribution is 2.34. The predicted octanol–water partition coefficient (Wildman–Crippen LogP) is 3.60. The smallest absolute Gasteiger partial charge is 0.269 e. The molecule has 0 spiro atoms. The minimum absolute atomic E-state index is 0.103. The fraction of sp³-hybridized carbons (Fsp3) is 0.381. The fourth-order valence-corrected chi connectivity index (χ4v) is 6.43. The molecule has 1 aromatic carbocycles. The molecule has 2 aliphatic heterocycles. The van der Waals surface area contributed by atoms with Crippen LogP contribution in [0.3, 0.4) is 0 Å². The fourth-order valence-electron chi connectivity index (χ4n) is 4.58. The molecule has 2 fully saturated rings. The highest BCUT2D eigenvalue weighted by Gasteiger charge is 2.32. The first-order valence-corrected chi connectivity index (χ1v) is 11.8. The highest BCUT2D eigenvalue weighted by molar-refractivity contribution is 7.90. The topological polar surface area (TPSA) is 58.4 Å². The van der Waals surface area contributed by atoms with Crippen molar-refractivity contribution in [3.63, 3.8) is 0 Å². The van der Waals surface area contributed by atoms with Gasteiger partial charge in [0.25, 0.3) is 10.0 Å². The van der Waals surface area contributed by atoms with Gasteiger partial charge in [0.2, 0.25) is 0 Å². The second kappa shape index (κ2) is 7.31. The number of fused-ring (bicyclic) bond motifs is 2. The largest absolute Gasteiger partial charge is 0.366 e. The van der Waals surface area contributed by atoms with Crippen LogP contribution >= 0.6 is 11.6 Å². The molecule has 6 nitrogen and oxygen atoms in total. The van der Waals surface area contributed by atoms with Crippen LogP contribution in [0.2, 0.25) is 5.02 Å². The first-order valence-electron chi connectivity index (χ1n) is 10.0. The van der Waals surface area contributed by atoms with Crippen LogP contribution in [0.1, 0.15) is 19.3 Å². The first kappa shape index (κ1) is 18.9. The molecule has 0 aliphatic carbocycles. The Bertz CT molecular complexity index is 1160. The van der Waals surface area contributed by atoms with E-state index in [1.54, 1.807) is 48.8 Å². The van der Waals surface area contributed by atoms with Gasteiger partial charge in [-0.25, -0.2) is 12.4 Å². The molecule has 0 amide bonds. The van der Waals surface area contributed by atoms with E-state index in [-0.39, 0.29) is 9.92 Å². The maximum absolute atomic E-state index is 13.4. The number of hydrogen-bond acceptors (Lipinski definition) is 5. The zero-order valence-corrected chi connectivity index (χ0v) is 17.6. The van der Waals surface area contributed by atoms with Crippen molar-refractivity contribution in [3.8, 4) is 0 Å². The molecule has 0 saturated carbocycles. The average molecular weight is 431 g/mol. The van der Waals surface area contributed by atoms with Crippen LogP contribution in [-0.2, 0) is 10.0 Å². The number of hydrogen-bond donors (Lipinski definition) is 0. The molecule has 0 radical (unpaired) electrons. The van der Waals surface area contributed by atoms with E-state index >= 15 is 0 Å². The van der Waals surface area contributed by atoms with Crippen molar-refractivity contribution < 1.29 is 8.42 Å². The molecule has 2 aromatic heterocycles. The molecule has 152 valence electrons. The molecule has 1 atom stereocenters. The van der Waals surface area contributed by atoms with E-state index in [4.69, 9.17) is 11.6 Å². The minimum Gasteiger partial charge on any atom is -0.366 e. The minimum atomic E-state index is -3.83. The third-order valence-corrected chi connectivity index (χ3v) is 8.23. The molecule has 3 aromatic rings. The van der Waals surface area contributed by atoms with Gasteiger partial charge in [0.15, 0.2) is 0 Å². The van der Waals surface area contributed by atoms with Gasteiger partial charge in [-0.2, -0.15) is 0 Å². The molecule has 0 bridgehead atoms. The summed E-state index contributed by atoms with van der Waals surface area (Å²) in [5.74, 6) is 0. The van der Waals surface area contributed by atoms with Crippen LogP contribution < -0.4 is 4.90 Å². The summed E-state index contributed by atoms with van der Waals surface area (Å²) in [5, 5.41) is 0.218. The van der Waals surface area contributed by atoms with Crippen LogP contribution in [0.4, 0.5) is 5.69 Å². The van der Waals surface area contributed by atoms with Gasteiger partial charge in [-0.05, 0) is 43.7 Å². The van der Waals surface area contributed by atoms with Crippen molar-refractivity contribution in [1.29, 1.82) is 0 Å². The third kappa shape index (κ3) is 3.21. The Morgan fingerprint density at radius 2 is 1.90 bits per heavy atom. The number of nitrogens with zero attached hydrogens (tertiary/aromatic N) is 4. The van der Waals surface area contributed by atoms with Gasteiger partial charge in [-0.3, -0.25) is 9.88 Å². The maximum Gasteiger partial charge on any atom is 0.269 e. The number of rotatable bonds is 3. The monoisotopic (exact) mass is 430 g/mol. The maximum atomic E-state index is 13.4. The van der Waals surface area contributed by atoms with Crippen LogP contribution in [0, 0.1) is 0 Å².